The Morgan fingerprint density at radius 2 is 2.22 bits per heavy atom. The monoisotopic (exact) mass is 253 g/mol. The third-order valence-electron chi connectivity index (χ3n) is 3.08. The molecule has 0 spiro atoms. The van der Waals surface area contributed by atoms with Crippen molar-refractivity contribution in [1.82, 2.24) is 9.88 Å². The van der Waals surface area contributed by atoms with Gasteiger partial charge in [-0.05, 0) is 20.8 Å². The Balaban J connectivity index is 2.02. The fourth-order valence-corrected chi connectivity index (χ4v) is 2.12. The summed E-state index contributed by atoms with van der Waals surface area (Å²) in [6, 6.07) is 0. The zero-order valence-electron chi connectivity index (χ0n) is 11.0. The molecule has 0 aromatic carbocycles. The molecular formula is C12H19N3O3. The molecule has 0 saturated carbocycles. The molecule has 1 aliphatic rings. The van der Waals surface area contributed by atoms with Gasteiger partial charge in [-0.25, -0.2) is 4.98 Å². The van der Waals surface area contributed by atoms with E-state index in [1.165, 1.54) is 0 Å². The van der Waals surface area contributed by atoms with E-state index in [0.717, 1.165) is 18.0 Å². The van der Waals surface area contributed by atoms with E-state index in [9.17, 15) is 4.79 Å². The summed E-state index contributed by atoms with van der Waals surface area (Å²) in [4.78, 5) is 17.6. The Morgan fingerprint density at radius 3 is 2.78 bits per heavy atom. The van der Waals surface area contributed by atoms with Crippen molar-refractivity contribution in [3.8, 4) is 0 Å². The van der Waals surface area contributed by atoms with E-state index in [-0.39, 0.29) is 6.10 Å². The Bertz CT molecular complexity index is 424. The number of amides is 1. The maximum Gasteiger partial charge on any atom is 0.247 e. The smallest absolute Gasteiger partial charge is 0.247 e. The summed E-state index contributed by atoms with van der Waals surface area (Å²) in [5.41, 5.74) is 6.18. The standard InChI is InChI=1S/C12H19N3O3/c1-7-4-15(5-10(17-7)12(13)16)6-11-14-8(2)9(3)18-11/h7,10H,4-6H2,1-3H3,(H2,13,16)/t7-,10+/m1/s1. The van der Waals surface area contributed by atoms with Crippen molar-refractivity contribution in [3.05, 3.63) is 17.3 Å². The van der Waals surface area contributed by atoms with Gasteiger partial charge in [0.1, 0.15) is 11.9 Å². The van der Waals surface area contributed by atoms with Crippen molar-refractivity contribution >= 4 is 5.91 Å². The lowest BCUT2D eigenvalue weighted by Crippen LogP contribution is -2.51. The first kappa shape index (κ1) is 13.0. The average molecular weight is 253 g/mol. The summed E-state index contributed by atoms with van der Waals surface area (Å²) in [6.45, 7) is 7.53. The number of hydrogen-bond donors (Lipinski definition) is 1. The van der Waals surface area contributed by atoms with Crippen molar-refractivity contribution in [3.63, 3.8) is 0 Å². The van der Waals surface area contributed by atoms with Gasteiger partial charge in [-0.1, -0.05) is 0 Å². The molecule has 2 heterocycles. The number of oxazole rings is 1. The van der Waals surface area contributed by atoms with Gasteiger partial charge in [-0.2, -0.15) is 0 Å². The van der Waals surface area contributed by atoms with Crippen molar-refractivity contribution in [2.45, 2.75) is 39.5 Å². The van der Waals surface area contributed by atoms with Gasteiger partial charge < -0.3 is 14.9 Å². The fraction of sp³-hybridized carbons (Fsp3) is 0.667. The summed E-state index contributed by atoms with van der Waals surface area (Å²) in [5.74, 6) is 1.08. The molecule has 6 nitrogen and oxygen atoms in total. The van der Waals surface area contributed by atoms with Gasteiger partial charge in [0, 0.05) is 13.1 Å². The molecule has 2 atom stereocenters. The topological polar surface area (TPSA) is 81.6 Å². The van der Waals surface area contributed by atoms with Crippen LogP contribution in [0, 0.1) is 13.8 Å². The van der Waals surface area contributed by atoms with Gasteiger partial charge in [0.05, 0.1) is 18.3 Å². The van der Waals surface area contributed by atoms with Gasteiger partial charge in [-0.15, -0.1) is 0 Å². The first-order chi connectivity index (χ1) is 8.45. The lowest BCUT2D eigenvalue weighted by Gasteiger charge is -2.34. The zero-order valence-corrected chi connectivity index (χ0v) is 11.0. The Morgan fingerprint density at radius 1 is 1.50 bits per heavy atom. The van der Waals surface area contributed by atoms with Crippen LogP contribution < -0.4 is 5.73 Å². The summed E-state index contributed by atoms with van der Waals surface area (Å²) < 4.78 is 11.0. The number of nitrogens with two attached hydrogens (primary N) is 1. The van der Waals surface area contributed by atoms with Gasteiger partial charge in [-0.3, -0.25) is 9.69 Å². The molecule has 100 valence electrons. The highest BCUT2D eigenvalue weighted by molar-refractivity contribution is 5.79. The van der Waals surface area contributed by atoms with Crippen LogP contribution in [0.15, 0.2) is 4.42 Å². The van der Waals surface area contributed by atoms with Crippen LogP contribution in [0.4, 0.5) is 0 Å². The maximum absolute atomic E-state index is 11.2. The normalized spacial score (nSPS) is 25.3. The van der Waals surface area contributed by atoms with E-state index < -0.39 is 12.0 Å². The largest absolute Gasteiger partial charge is 0.444 e. The first-order valence-electron chi connectivity index (χ1n) is 6.05. The molecule has 1 aromatic rings. The van der Waals surface area contributed by atoms with Crippen LogP contribution in [0.1, 0.15) is 24.3 Å². The number of carbonyl (C=O) groups is 1. The Hall–Kier alpha value is -1.40. The lowest BCUT2D eigenvalue weighted by atomic mass is 10.2. The van der Waals surface area contributed by atoms with Crippen molar-refractivity contribution in [1.29, 1.82) is 0 Å². The summed E-state index contributed by atoms with van der Waals surface area (Å²) in [7, 11) is 0. The van der Waals surface area contributed by atoms with Crippen LogP contribution in [0.25, 0.3) is 0 Å². The third-order valence-corrected chi connectivity index (χ3v) is 3.08. The SMILES string of the molecule is Cc1nc(CN2C[C@@H](C)O[C@H](C(N)=O)C2)oc1C. The quantitative estimate of drug-likeness (QED) is 0.841. The number of nitrogens with zero attached hydrogens (tertiary/aromatic N) is 2. The summed E-state index contributed by atoms with van der Waals surface area (Å²) in [5, 5.41) is 0. The van der Waals surface area contributed by atoms with Crippen LogP contribution >= 0.6 is 0 Å². The molecule has 2 rings (SSSR count). The van der Waals surface area contributed by atoms with E-state index in [1.54, 1.807) is 0 Å². The molecule has 0 unspecified atom stereocenters. The van der Waals surface area contributed by atoms with Crippen molar-refractivity contribution < 1.29 is 13.9 Å². The van der Waals surface area contributed by atoms with Gasteiger partial charge >= 0.3 is 0 Å². The maximum atomic E-state index is 11.2. The molecule has 1 fully saturated rings. The van der Waals surface area contributed by atoms with Gasteiger partial charge in [0.15, 0.2) is 0 Å². The predicted octanol–water partition coefficient (Wildman–Crippen LogP) is 0.366. The van der Waals surface area contributed by atoms with Crippen molar-refractivity contribution in [2.24, 2.45) is 5.73 Å². The molecule has 1 aliphatic heterocycles. The molecule has 1 aromatic heterocycles. The third kappa shape index (κ3) is 2.88. The molecular weight excluding hydrogens is 234 g/mol. The number of morpholine rings is 1. The van der Waals surface area contributed by atoms with E-state index >= 15 is 0 Å². The Kier molecular flexibility index (Phi) is 3.68. The lowest BCUT2D eigenvalue weighted by molar-refractivity contribution is -0.143. The second kappa shape index (κ2) is 5.07. The minimum atomic E-state index is -0.550. The molecule has 0 aliphatic carbocycles. The number of hydrogen-bond acceptors (Lipinski definition) is 5. The number of carbonyl (C=O) groups excluding carboxylic acids is 1. The van der Waals surface area contributed by atoms with Crippen LogP contribution in [-0.2, 0) is 16.1 Å². The van der Waals surface area contributed by atoms with Gasteiger partial charge in [0.2, 0.25) is 11.8 Å². The average Bonchev–Trinajstić information content (AvgIpc) is 2.56. The minimum Gasteiger partial charge on any atom is -0.444 e. The number of primary amides is 1. The molecule has 1 saturated heterocycles. The fourth-order valence-electron chi connectivity index (χ4n) is 2.12. The number of rotatable bonds is 3. The van der Waals surface area contributed by atoms with E-state index in [0.29, 0.717) is 19.0 Å². The zero-order chi connectivity index (χ0) is 13.3. The summed E-state index contributed by atoms with van der Waals surface area (Å²) >= 11 is 0. The van der Waals surface area contributed by atoms with E-state index in [2.05, 4.69) is 9.88 Å². The van der Waals surface area contributed by atoms with E-state index in [1.807, 2.05) is 20.8 Å². The second-order valence-electron chi connectivity index (χ2n) is 4.78. The van der Waals surface area contributed by atoms with Crippen LogP contribution in [0.2, 0.25) is 0 Å². The molecule has 1 amide bonds. The predicted molar refractivity (Wildman–Crippen MR) is 64.8 cm³/mol. The van der Waals surface area contributed by atoms with Crippen LogP contribution in [0.3, 0.4) is 0 Å². The first-order valence-corrected chi connectivity index (χ1v) is 6.05. The highest BCUT2D eigenvalue weighted by Crippen LogP contribution is 2.15. The van der Waals surface area contributed by atoms with E-state index in [4.69, 9.17) is 14.9 Å². The number of ether oxygens (including phenoxy) is 1. The molecule has 2 N–H and O–H groups in total. The minimum absolute atomic E-state index is 0.0200. The van der Waals surface area contributed by atoms with Crippen molar-refractivity contribution in [2.75, 3.05) is 13.1 Å². The highest BCUT2D eigenvalue weighted by Gasteiger charge is 2.29. The summed E-state index contributed by atoms with van der Waals surface area (Å²) in [6.07, 6.45) is -0.570. The van der Waals surface area contributed by atoms with Crippen LogP contribution in [0.5, 0.6) is 0 Å². The highest BCUT2D eigenvalue weighted by atomic mass is 16.5. The molecule has 0 bridgehead atoms. The number of aromatic nitrogens is 1. The molecule has 0 radical (unpaired) electrons. The van der Waals surface area contributed by atoms with Gasteiger partial charge in [0.25, 0.3) is 0 Å². The molecule has 6 heteroatoms. The van der Waals surface area contributed by atoms with Crippen LogP contribution in [-0.4, -0.2) is 41.1 Å². The molecule has 18 heavy (non-hydrogen) atoms. The Labute approximate surface area is 106 Å². The second-order valence-corrected chi connectivity index (χ2v) is 4.78. The number of aryl methyl sites for hydroxylation is 2.